The molecule has 1 aromatic rings. The van der Waals surface area contributed by atoms with Gasteiger partial charge in [-0.15, -0.1) is 0 Å². The largest absolute Gasteiger partial charge is 0.508 e. The van der Waals surface area contributed by atoms with Gasteiger partial charge in [-0.2, -0.15) is 0 Å². The van der Waals surface area contributed by atoms with Crippen molar-refractivity contribution in [1.29, 1.82) is 0 Å². The molecule has 1 heteroatoms. The van der Waals surface area contributed by atoms with Gasteiger partial charge in [0.05, 0.1) is 0 Å². The third-order valence-corrected chi connectivity index (χ3v) is 3.23. The molecule has 0 amide bonds. The summed E-state index contributed by atoms with van der Waals surface area (Å²) in [7, 11) is 0. The lowest BCUT2D eigenvalue weighted by molar-refractivity contribution is 0.298. The Morgan fingerprint density at radius 2 is 1.69 bits per heavy atom. The molecule has 1 rings (SSSR count). The summed E-state index contributed by atoms with van der Waals surface area (Å²) < 4.78 is 0. The normalized spacial score (nSPS) is 11.7. The van der Waals surface area contributed by atoms with E-state index in [1.54, 1.807) is 12.1 Å². The fourth-order valence-corrected chi connectivity index (χ4v) is 1.93. The molecule has 1 N–H and O–H groups in total. The quantitative estimate of drug-likeness (QED) is 0.746. The van der Waals surface area contributed by atoms with E-state index in [0.717, 1.165) is 6.42 Å². The summed E-state index contributed by atoms with van der Waals surface area (Å²) in [6, 6.07) is 7.58. The van der Waals surface area contributed by atoms with E-state index >= 15 is 0 Å². The highest BCUT2D eigenvalue weighted by atomic mass is 16.3. The average Bonchev–Trinajstić information content (AvgIpc) is 2.26. The van der Waals surface area contributed by atoms with Crippen molar-refractivity contribution in [3.05, 3.63) is 29.8 Å². The van der Waals surface area contributed by atoms with Gasteiger partial charge in [0.1, 0.15) is 5.75 Å². The van der Waals surface area contributed by atoms with Crippen molar-refractivity contribution in [3.8, 4) is 5.75 Å². The maximum Gasteiger partial charge on any atom is 0.115 e. The molecule has 0 bridgehead atoms. The number of hydrogen-bond acceptors (Lipinski definition) is 1. The second-order valence-electron chi connectivity index (χ2n) is 5.43. The lowest BCUT2D eigenvalue weighted by Gasteiger charge is -2.24. The fourth-order valence-electron chi connectivity index (χ4n) is 1.93. The zero-order chi connectivity index (χ0) is 12.0. The molecule has 0 aliphatic rings. The summed E-state index contributed by atoms with van der Waals surface area (Å²) in [6.45, 7) is 6.95. The number of hydrogen-bond donors (Lipinski definition) is 1. The molecule has 0 unspecified atom stereocenters. The Morgan fingerprint density at radius 1 is 1.06 bits per heavy atom. The zero-order valence-electron chi connectivity index (χ0n) is 10.8. The van der Waals surface area contributed by atoms with Gasteiger partial charge >= 0.3 is 0 Å². The highest BCUT2D eigenvalue weighted by Gasteiger charge is 2.16. The van der Waals surface area contributed by atoms with E-state index in [-0.39, 0.29) is 0 Å². The van der Waals surface area contributed by atoms with Crippen LogP contribution in [0.25, 0.3) is 0 Å². The maximum atomic E-state index is 9.20. The second kappa shape index (κ2) is 5.93. The predicted molar refractivity (Wildman–Crippen MR) is 69.7 cm³/mol. The molecule has 0 heterocycles. The van der Waals surface area contributed by atoms with Crippen LogP contribution >= 0.6 is 0 Å². The van der Waals surface area contributed by atoms with Crippen LogP contribution in [0.4, 0.5) is 0 Å². The minimum absolute atomic E-state index is 0.356. The Hall–Kier alpha value is -0.980. The SMILES string of the molecule is CCCCC(C)(C)CCc1ccc(O)cc1. The number of benzene rings is 1. The van der Waals surface area contributed by atoms with Crippen molar-refractivity contribution in [1.82, 2.24) is 0 Å². The Bertz CT molecular complexity index is 298. The monoisotopic (exact) mass is 220 g/mol. The van der Waals surface area contributed by atoms with Crippen molar-refractivity contribution < 1.29 is 5.11 Å². The van der Waals surface area contributed by atoms with Crippen LogP contribution in [-0.2, 0) is 6.42 Å². The Kier molecular flexibility index (Phi) is 4.85. The Balaban J connectivity index is 2.41. The Labute approximate surface area is 99.5 Å². The first-order chi connectivity index (χ1) is 7.53. The molecule has 0 spiro atoms. The summed E-state index contributed by atoms with van der Waals surface area (Å²) in [5.41, 5.74) is 1.76. The molecule has 0 saturated carbocycles. The van der Waals surface area contributed by atoms with Crippen LogP contribution in [0.3, 0.4) is 0 Å². The van der Waals surface area contributed by atoms with Crippen molar-refractivity contribution in [3.63, 3.8) is 0 Å². The summed E-state index contributed by atoms with van der Waals surface area (Å²) >= 11 is 0. The summed E-state index contributed by atoms with van der Waals surface area (Å²) in [5.74, 6) is 0.356. The molecule has 0 aliphatic carbocycles. The first kappa shape index (κ1) is 13.1. The summed E-state index contributed by atoms with van der Waals surface area (Å²) in [4.78, 5) is 0. The minimum atomic E-state index is 0.356. The zero-order valence-corrected chi connectivity index (χ0v) is 10.8. The molecule has 0 atom stereocenters. The van der Waals surface area contributed by atoms with Crippen molar-refractivity contribution >= 4 is 0 Å². The smallest absolute Gasteiger partial charge is 0.115 e. The van der Waals surface area contributed by atoms with Gasteiger partial charge in [0.25, 0.3) is 0 Å². The number of unbranched alkanes of at least 4 members (excludes halogenated alkanes) is 1. The van der Waals surface area contributed by atoms with Crippen molar-refractivity contribution in [2.75, 3.05) is 0 Å². The topological polar surface area (TPSA) is 20.2 Å². The van der Waals surface area contributed by atoms with E-state index in [9.17, 15) is 5.11 Å². The third-order valence-electron chi connectivity index (χ3n) is 3.23. The first-order valence-electron chi connectivity index (χ1n) is 6.31. The van der Waals surface area contributed by atoms with Gasteiger partial charge in [-0.3, -0.25) is 0 Å². The molecule has 0 fully saturated rings. The number of rotatable bonds is 6. The van der Waals surface area contributed by atoms with E-state index < -0.39 is 0 Å². The van der Waals surface area contributed by atoms with Crippen LogP contribution in [0.5, 0.6) is 5.75 Å². The second-order valence-corrected chi connectivity index (χ2v) is 5.43. The molecule has 1 nitrogen and oxygen atoms in total. The summed E-state index contributed by atoms with van der Waals surface area (Å²) in [5, 5.41) is 9.20. The standard InChI is InChI=1S/C15H24O/c1-4-5-11-15(2,3)12-10-13-6-8-14(16)9-7-13/h6-9,16H,4-5,10-12H2,1-3H3. The Morgan fingerprint density at radius 3 is 2.25 bits per heavy atom. The lowest BCUT2D eigenvalue weighted by atomic mass is 9.82. The van der Waals surface area contributed by atoms with Gasteiger partial charge in [-0.1, -0.05) is 45.7 Å². The van der Waals surface area contributed by atoms with E-state index in [0.29, 0.717) is 11.2 Å². The number of aromatic hydroxyl groups is 1. The predicted octanol–water partition coefficient (Wildman–Crippen LogP) is 4.54. The van der Waals surface area contributed by atoms with E-state index in [1.165, 1.54) is 31.2 Å². The molecular weight excluding hydrogens is 196 g/mol. The highest BCUT2D eigenvalue weighted by molar-refractivity contribution is 5.25. The van der Waals surface area contributed by atoms with Crippen LogP contribution in [0.15, 0.2) is 24.3 Å². The fraction of sp³-hybridized carbons (Fsp3) is 0.600. The molecule has 0 radical (unpaired) electrons. The van der Waals surface area contributed by atoms with Crippen LogP contribution in [0.1, 0.15) is 52.0 Å². The molecule has 1 aromatic carbocycles. The number of aryl methyl sites for hydroxylation is 1. The van der Waals surface area contributed by atoms with Gasteiger partial charge in [-0.25, -0.2) is 0 Å². The summed E-state index contributed by atoms with van der Waals surface area (Å²) in [6.07, 6.45) is 6.24. The molecule has 0 aromatic heterocycles. The van der Waals surface area contributed by atoms with E-state index in [4.69, 9.17) is 0 Å². The van der Waals surface area contributed by atoms with Crippen LogP contribution in [0, 0.1) is 5.41 Å². The van der Waals surface area contributed by atoms with Crippen LogP contribution in [-0.4, -0.2) is 5.11 Å². The molecule has 90 valence electrons. The maximum absolute atomic E-state index is 9.20. The van der Waals surface area contributed by atoms with Crippen LogP contribution in [0.2, 0.25) is 0 Å². The van der Waals surface area contributed by atoms with Crippen LogP contribution < -0.4 is 0 Å². The van der Waals surface area contributed by atoms with Gasteiger partial charge in [-0.05, 0) is 42.4 Å². The molecule has 0 aliphatic heterocycles. The first-order valence-corrected chi connectivity index (χ1v) is 6.31. The lowest BCUT2D eigenvalue weighted by Crippen LogP contribution is -2.12. The van der Waals surface area contributed by atoms with E-state index in [2.05, 4.69) is 20.8 Å². The van der Waals surface area contributed by atoms with Gasteiger partial charge in [0.2, 0.25) is 0 Å². The van der Waals surface area contributed by atoms with Gasteiger partial charge in [0.15, 0.2) is 0 Å². The highest BCUT2D eigenvalue weighted by Crippen LogP contribution is 2.29. The van der Waals surface area contributed by atoms with Crippen molar-refractivity contribution in [2.24, 2.45) is 5.41 Å². The molecular formula is C15H24O. The van der Waals surface area contributed by atoms with Gasteiger partial charge < -0.3 is 5.11 Å². The van der Waals surface area contributed by atoms with Gasteiger partial charge in [0, 0.05) is 0 Å². The van der Waals surface area contributed by atoms with Crippen molar-refractivity contribution in [2.45, 2.75) is 52.9 Å². The average molecular weight is 220 g/mol. The molecule has 16 heavy (non-hydrogen) atoms. The third kappa shape index (κ3) is 4.69. The minimum Gasteiger partial charge on any atom is -0.508 e. The number of phenols is 1. The number of phenolic OH excluding ortho intramolecular Hbond substituents is 1. The molecule has 0 saturated heterocycles. The van der Waals surface area contributed by atoms with E-state index in [1.807, 2.05) is 12.1 Å².